The van der Waals surface area contributed by atoms with Crippen molar-refractivity contribution in [3.63, 3.8) is 0 Å². The first-order valence-corrected chi connectivity index (χ1v) is 6.03. The summed E-state index contributed by atoms with van der Waals surface area (Å²) in [6.07, 6.45) is 3.88. The molecule has 0 saturated carbocycles. The zero-order valence-electron chi connectivity index (χ0n) is 8.59. The number of fused-ring (bicyclic) bond motifs is 1. The smallest absolute Gasteiger partial charge is 0.146 e. The molecule has 0 saturated heterocycles. The molecule has 3 nitrogen and oxygen atoms in total. The highest BCUT2D eigenvalue weighted by atomic mass is 79.9. The third kappa shape index (κ3) is 2.15. The molecule has 0 radical (unpaired) electrons. The summed E-state index contributed by atoms with van der Waals surface area (Å²) in [5.41, 5.74) is 3.22. The van der Waals surface area contributed by atoms with Gasteiger partial charge in [0.15, 0.2) is 0 Å². The average Bonchev–Trinajstić information content (AvgIpc) is 2.73. The van der Waals surface area contributed by atoms with Crippen molar-refractivity contribution in [2.45, 2.75) is 12.8 Å². The largest absolute Gasteiger partial charge is 0.494 e. The van der Waals surface area contributed by atoms with E-state index in [9.17, 15) is 0 Å². The van der Waals surface area contributed by atoms with Gasteiger partial charge < -0.3 is 9.72 Å². The Bertz CT molecular complexity index is 453. The lowest BCUT2D eigenvalue weighted by Gasteiger charge is -2.04. The highest BCUT2D eigenvalue weighted by molar-refractivity contribution is 9.09. The Kier molecular flexibility index (Phi) is 3.26. The maximum Gasteiger partial charge on any atom is 0.146 e. The second kappa shape index (κ2) is 4.66. The first-order chi connectivity index (χ1) is 7.35. The fraction of sp³-hybridized carbons (Fsp3) is 0.364. The van der Waals surface area contributed by atoms with Crippen molar-refractivity contribution in [3.05, 3.63) is 24.0 Å². The summed E-state index contributed by atoms with van der Waals surface area (Å²) in [6.45, 7) is 0. The van der Waals surface area contributed by atoms with Crippen molar-refractivity contribution in [2.75, 3.05) is 12.4 Å². The number of aromatic amines is 1. The number of rotatable bonds is 4. The maximum atomic E-state index is 5.31. The molecule has 0 fully saturated rings. The predicted molar refractivity (Wildman–Crippen MR) is 64.8 cm³/mol. The number of nitrogens with zero attached hydrogens (tertiary/aromatic N) is 1. The first-order valence-electron chi connectivity index (χ1n) is 4.91. The van der Waals surface area contributed by atoms with E-state index in [2.05, 4.69) is 38.0 Å². The van der Waals surface area contributed by atoms with E-state index < -0.39 is 0 Å². The minimum Gasteiger partial charge on any atom is -0.494 e. The number of methoxy groups -OCH3 is 1. The summed E-state index contributed by atoms with van der Waals surface area (Å²) in [6, 6.07) is 4.19. The van der Waals surface area contributed by atoms with E-state index in [1.165, 1.54) is 5.56 Å². The molecule has 0 spiro atoms. The topological polar surface area (TPSA) is 37.9 Å². The number of nitrogens with one attached hydrogen (secondary N) is 1. The van der Waals surface area contributed by atoms with E-state index in [1.54, 1.807) is 13.4 Å². The van der Waals surface area contributed by atoms with E-state index in [-0.39, 0.29) is 0 Å². The third-order valence-corrected chi connectivity index (χ3v) is 2.93. The molecule has 15 heavy (non-hydrogen) atoms. The monoisotopic (exact) mass is 268 g/mol. The molecule has 1 heterocycles. The number of benzene rings is 1. The van der Waals surface area contributed by atoms with Gasteiger partial charge >= 0.3 is 0 Å². The van der Waals surface area contributed by atoms with E-state index in [1.807, 2.05) is 0 Å². The van der Waals surface area contributed by atoms with Crippen LogP contribution in [0.5, 0.6) is 5.75 Å². The van der Waals surface area contributed by atoms with Crippen LogP contribution < -0.4 is 4.74 Å². The van der Waals surface area contributed by atoms with E-state index in [0.29, 0.717) is 0 Å². The SMILES string of the molecule is COc1cc(CCCBr)cc2[nH]cnc12. The molecule has 0 unspecified atom stereocenters. The predicted octanol–water partition coefficient (Wildman–Crippen LogP) is 2.90. The van der Waals surface area contributed by atoms with Crippen LogP contribution in [0.4, 0.5) is 0 Å². The average molecular weight is 269 g/mol. The van der Waals surface area contributed by atoms with Crippen LogP contribution in [-0.2, 0) is 6.42 Å². The van der Waals surface area contributed by atoms with Crippen molar-refractivity contribution < 1.29 is 4.74 Å². The Morgan fingerprint density at radius 3 is 3.07 bits per heavy atom. The number of halogens is 1. The molecule has 0 bridgehead atoms. The molecule has 80 valence electrons. The van der Waals surface area contributed by atoms with Crippen LogP contribution in [0.1, 0.15) is 12.0 Å². The van der Waals surface area contributed by atoms with E-state index in [4.69, 9.17) is 4.74 Å². The van der Waals surface area contributed by atoms with Gasteiger partial charge in [0, 0.05) is 5.33 Å². The van der Waals surface area contributed by atoms with Gasteiger partial charge in [-0.05, 0) is 30.5 Å². The quantitative estimate of drug-likeness (QED) is 0.866. The van der Waals surface area contributed by atoms with Gasteiger partial charge in [-0.1, -0.05) is 15.9 Å². The zero-order valence-corrected chi connectivity index (χ0v) is 10.2. The zero-order chi connectivity index (χ0) is 10.7. The molecular formula is C11H13BrN2O. The van der Waals surface area contributed by atoms with Crippen molar-refractivity contribution >= 4 is 27.0 Å². The normalized spacial score (nSPS) is 10.8. The Morgan fingerprint density at radius 2 is 2.33 bits per heavy atom. The molecule has 0 aliphatic rings. The molecule has 0 aliphatic heterocycles. The molecule has 1 aromatic heterocycles. The summed E-state index contributed by atoms with van der Waals surface area (Å²) in [5, 5.41) is 1.02. The summed E-state index contributed by atoms with van der Waals surface area (Å²) >= 11 is 3.43. The molecule has 2 aromatic rings. The Hall–Kier alpha value is -1.03. The maximum absolute atomic E-state index is 5.31. The van der Waals surface area contributed by atoms with Crippen LogP contribution in [0.2, 0.25) is 0 Å². The number of hydrogen-bond acceptors (Lipinski definition) is 2. The van der Waals surface area contributed by atoms with Gasteiger partial charge in [-0.15, -0.1) is 0 Å². The van der Waals surface area contributed by atoms with Crippen molar-refractivity contribution in [3.8, 4) is 5.75 Å². The number of hydrogen-bond donors (Lipinski definition) is 1. The third-order valence-electron chi connectivity index (χ3n) is 2.37. The standard InChI is InChI=1S/C11H13BrN2O/c1-15-10-6-8(3-2-4-12)5-9-11(10)14-7-13-9/h5-7H,2-4H2,1H3,(H,13,14). The van der Waals surface area contributed by atoms with Crippen LogP contribution in [0.3, 0.4) is 0 Å². The van der Waals surface area contributed by atoms with Crippen LogP contribution in [-0.4, -0.2) is 22.4 Å². The number of aryl methyl sites for hydroxylation is 1. The molecule has 2 rings (SSSR count). The Labute approximate surface area is 97.0 Å². The van der Waals surface area contributed by atoms with Gasteiger partial charge in [-0.3, -0.25) is 0 Å². The molecule has 1 N–H and O–H groups in total. The summed E-state index contributed by atoms with van der Waals surface area (Å²) < 4.78 is 5.31. The Morgan fingerprint density at radius 1 is 1.47 bits per heavy atom. The molecular weight excluding hydrogens is 256 g/mol. The van der Waals surface area contributed by atoms with Gasteiger partial charge in [-0.2, -0.15) is 0 Å². The van der Waals surface area contributed by atoms with E-state index >= 15 is 0 Å². The van der Waals surface area contributed by atoms with Gasteiger partial charge in [0.25, 0.3) is 0 Å². The minimum atomic E-state index is 0.846. The molecule has 0 atom stereocenters. The second-order valence-corrected chi connectivity index (χ2v) is 4.18. The van der Waals surface area contributed by atoms with Crippen molar-refractivity contribution in [1.82, 2.24) is 9.97 Å². The lowest BCUT2D eigenvalue weighted by Crippen LogP contribution is -1.90. The summed E-state index contributed by atoms with van der Waals surface area (Å²) in [7, 11) is 1.68. The lowest BCUT2D eigenvalue weighted by molar-refractivity contribution is 0.418. The minimum absolute atomic E-state index is 0.846. The van der Waals surface area contributed by atoms with Crippen LogP contribution in [0.15, 0.2) is 18.5 Å². The number of imidazole rings is 1. The second-order valence-electron chi connectivity index (χ2n) is 3.39. The number of ether oxygens (including phenoxy) is 1. The number of alkyl halides is 1. The summed E-state index contributed by atoms with van der Waals surface area (Å²) in [4.78, 5) is 7.33. The van der Waals surface area contributed by atoms with Gasteiger partial charge in [0.05, 0.1) is 19.0 Å². The van der Waals surface area contributed by atoms with Gasteiger partial charge in [-0.25, -0.2) is 4.98 Å². The van der Waals surface area contributed by atoms with E-state index in [0.717, 1.165) is 35.0 Å². The fourth-order valence-electron chi connectivity index (χ4n) is 1.65. The number of H-pyrrole nitrogens is 1. The van der Waals surface area contributed by atoms with Crippen LogP contribution in [0.25, 0.3) is 11.0 Å². The fourth-order valence-corrected chi connectivity index (χ4v) is 1.93. The highest BCUT2D eigenvalue weighted by Gasteiger charge is 2.06. The van der Waals surface area contributed by atoms with Crippen molar-refractivity contribution in [2.24, 2.45) is 0 Å². The van der Waals surface area contributed by atoms with Crippen LogP contribution in [0, 0.1) is 0 Å². The first kappa shape index (κ1) is 10.5. The van der Waals surface area contributed by atoms with Crippen molar-refractivity contribution in [1.29, 1.82) is 0 Å². The lowest BCUT2D eigenvalue weighted by atomic mass is 10.1. The van der Waals surface area contributed by atoms with Crippen LogP contribution >= 0.6 is 15.9 Å². The molecule has 1 aromatic carbocycles. The Balaban J connectivity index is 2.40. The highest BCUT2D eigenvalue weighted by Crippen LogP contribution is 2.25. The summed E-state index contributed by atoms with van der Waals surface area (Å²) in [5.74, 6) is 0.846. The molecule has 0 aliphatic carbocycles. The van der Waals surface area contributed by atoms with Gasteiger partial charge in [0.2, 0.25) is 0 Å². The molecule has 4 heteroatoms. The number of aromatic nitrogens is 2. The molecule has 0 amide bonds. The van der Waals surface area contributed by atoms with Gasteiger partial charge in [0.1, 0.15) is 11.3 Å².